The zero-order valence-corrected chi connectivity index (χ0v) is 15.3. The van der Waals surface area contributed by atoms with Crippen LogP contribution in [0.1, 0.15) is 64.5 Å². The van der Waals surface area contributed by atoms with Gasteiger partial charge in [-0.25, -0.2) is 0 Å². The van der Waals surface area contributed by atoms with Crippen LogP contribution in [0.5, 0.6) is 5.75 Å². The minimum atomic E-state index is 0. The van der Waals surface area contributed by atoms with E-state index in [2.05, 4.69) is 5.32 Å². The molecule has 0 fully saturated rings. The Balaban J connectivity index is 0.00000484. The summed E-state index contributed by atoms with van der Waals surface area (Å²) in [6.07, 6.45) is 4.91. The lowest BCUT2D eigenvalue weighted by Crippen LogP contribution is -2.26. The van der Waals surface area contributed by atoms with Gasteiger partial charge in [-0.15, -0.1) is 12.4 Å². The lowest BCUT2D eigenvalue weighted by molar-refractivity contribution is -0.121. The number of benzene rings is 1. The summed E-state index contributed by atoms with van der Waals surface area (Å²) in [5.74, 6) is 0.972. The second-order valence-electron chi connectivity index (χ2n) is 5.98. The molecule has 0 aliphatic rings. The van der Waals surface area contributed by atoms with Crippen molar-refractivity contribution in [2.24, 2.45) is 5.73 Å². The third-order valence-electron chi connectivity index (χ3n) is 3.49. The number of carbonyl (C=O) groups is 1. The zero-order chi connectivity index (χ0) is 16.4. The quantitative estimate of drug-likeness (QED) is 0.632. The maximum absolute atomic E-state index is 11.9. The van der Waals surface area contributed by atoms with Crippen LogP contribution in [0.25, 0.3) is 0 Å². The van der Waals surface area contributed by atoms with Crippen LogP contribution in [0.15, 0.2) is 24.3 Å². The predicted octanol–water partition coefficient (Wildman–Crippen LogP) is 3.98. The number of halogens is 1. The van der Waals surface area contributed by atoms with E-state index >= 15 is 0 Å². The Morgan fingerprint density at radius 1 is 1.09 bits per heavy atom. The van der Waals surface area contributed by atoms with Crippen molar-refractivity contribution in [3.63, 3.8) is 0 Å². The largest absolute Gasteiger partial charge is 0.491 e. The van der Waals surface area contributed by atoms with E-state index in [0.29, 0.717) is 6.42 Å². The average Bonchev–Trinajstić information content (AvgIpc) is 2.47. The molecule has 132 valence electrons. The number of rotatable bonds is 10. The Labute approximate surface area is 146 Å². The van der Waals surface area contributed by atoms with Crippen molar-refractivity contribution in [1.82, 2.24) is 5.32 Å². The molecule has 0 aliphatic heterocycles. The molecule has 1 aromatic rings. The molecule has 0 aliphatic carbocycles. The molecule has 5 heteroatoms. The fraction of sp³-hybridized carbons (Fsp3) is 0.611. The van der Waals surface area contributed by atoms with Gasteiger partial charge in [0.25, 0.3) is 0 Å². The topological polar surface area (TPSA) is 64.3 Å². The SMILES string of the molecule is CC(C)Oc1ccc(C(C)NC(=O)CCCCCCN)cc1.Cl. The lowest BCUT2D eigenvalue weighted by Gasteiger charge is -2.16. The summed E-state index contributed by atoms with van der Waals surface area (Å²) in [4.78, 5) is 11.9. The first-order valence-electron chi connectivity index (χ1n) is 8.29. The third-order valence-corrected chi connectivity index (χ3v) is 3.49. The Bertz CT molecular complexity index is 435. The van der Waals surface area contributed by atoms with E-state index in [1.54, 1.807) is 0 Å². The maximum Gasteiger partial charge on any atom is 0.220 e. The normalized spacial score (nSPS) is 11.7. The summed E-state index contributed by atoms with van der Waals surface area (Å²) >= 11 is 0. The Morgan fingerprint density at radius 2 is 1.70 bits per heavy atom. The van der Waals surface area contributed by atoms with Crippen LogP contribution >= 0.6 is 12.4 Å². The molecule has 0 radical (unpaired) electrons. The molecular formula is C18H31ClN2O2. The summed E-state index contributed by atoms with van der Waals surface area (Å²) in [6, 6.07) is 7.92. The van der Waals surface area contributed by atoms with Crippen LogP contribution in [-0.2, 0) is 4.79 Å². The van der Waals surface area contributed by atoms with Crippen LogP contribution in [0, 0.1) is 0 Å². The molecule has 0 spiro atoms. The first kappa shape index (κ1) is 21.7. The van der Waals surface area contributed by atoms with E-state index in [9.17, 15) is 4.79 Å². The molecule has 3 N–H and O–H groups in total. The number of hydrogen-bond acceptors (Lipinski definition) is 3. The van der Waals surface area contributed by atoms with Crippen molar-refractivity contribution in [1.29, 1.82) is 0 Å². The summed E-state index contributed by atoms with van der Waals surface area (Å²) in [7, 11) is 0. The molecule has 0 aromatic heterocycles. The molecule has 1 unspecified atom stereocenters. The molecule has 1 aromatic carbocycles. The van der Waals surface area contributed by atoms with Gasteiger partial charge in [0.1, 0.15) is 5.75 Å². The van der Waals surface area contributed by atoms with E-state index in [0.717, 1.165) is 43.5 Å². The van der Waals surface area contributed by atoms with Crippen LogP contribution < -0.4 is 15.8 Å². The van der Waals surface area contributed by atoms with Crippen molar-refractivity contribution in [2.45, 2.75) is 65.0 Å². The van der Waals surface area contributed by atoms with E-state index in [1.165, 1.54) is 0 Å². The number of ether oxygens (including phenoxy) is 1. The third kappa shape index (κ3) is 9.47. The molecule has 1 atom stereocenters. The lowest BCUT2D eigenvalue weighted by atomic mass is 10.1. The monoisotopic (exact) mass is 342 g/mol. The van der Waals surface area contributed by atoms with Gasteiger partial charge in [-0.3, -0.25) is 4.79 Å². The van der Waals surface area contributed by atoms with Gasteiger partial charge in [-0.05, 0) is 57.9 Å². The van der Waals surface area contributed by atoms with Gasteiger partial charge in [-0.1, -0.05) is 25.0 Å². The smallest absolute Gasteiger partial charge is 0.220 e. The van der Waals surface area contributed by atoms with Crippen LogP contribution in [0.2, 0.25) is 0 Å². The average molecular weight is 343 g/mol. The number of carbonyl (C=O) groups excluding carboxylic acids is 1. The van der Waals surface area contributed by atoms with E-state index in [-0.39, 0.29) is 30.5 Å². The van der Waals surface area contributed by atoms with Gasteiger partial charge in [0.2, 0.25) is 5.91 Å². The van der Waals surface area contributed by atoms with E-state index in [4.69, 9.17) is 10.5 Å². The second kappa shape index (κ2) is 12.2. The van der Waals surface area contributed by atoms with E-state index in [1.807, 2.05) is 45.0 Å². The van der Waals surface area contributed by atoms with Crippen molar-refractivity contribution in [3.05, 3.63) is 29.8 Å². The first-order chi connectivity index (χ1) is 10.5. The zero-order valence-electron chi connectivity index (χ0n) is 14.5. The van der Waals surface area contributed by atoms with Gasteiger partial charge in [0.05, 0.1) is 12.1 Å². The molecule has 1 rings (SSSR count). The highest BCUT2D eigenvalue weighted by molar-refractivity contribution is 5.85. The maximum atomic E-state index is 11.9. The highest BCUT2D eigenvalue weighted by Gasteiger charge is 2.09. The highest BCUT2D eigenvalue weighted by Crippen LogP contribution is 2.18. The van der Waals surface area contributed by atoms with Gasteiger partial charge >= 0.3 is 0 Å². The number of hydrogen-bond donors (Lipinski definition) is 2. The van der Waals surface area contributed by atoms with Gasteiger partial charge in [-0.2, -0.15) is 0 Å². The van der Waals surface area contributed by atoms with Gasteiger partial charge in [0.15, 0.2) is 0 Å². The summed E-state index contributed by atoms with van der Waals surface area (Å²) in [6.45, 7) is 6.75. The Kier molecular flexibility index (Phi) is 11.5. The van der Waals surface area contributed by atoms with Crippen LogP contribution in [0.4, 0.5) is 0 Å². The fourth-order valence-corrected chi connectivity index (χ4v) is 2.29. The van der Waals surface area contributed by atoms with Gasteiger partial charge < -0.3 is 15.8 Å². The molecule has 0 heterocycles. The molecule has 0 bridgehead atoms. The number of nitrogens with two attached hydrogens (primary N) is 1. The molecule has 0 saturated heterocycles. The highest BCUT2D eigenvalue weighted by atomic mass is 35.5. The van der Waals surface area contributed by atoms with Crippen molar-refractivity contribution in [3.8, 4) is 5.75 Å². The fourth-order valence-electron chi connectivity index (χ4n) is 2.29. The molecular weight excluding hydrogens is 312 g/mol. The summed E-state index contributed by atoms with van der Waals surface area (Å²) in [5, 5.41) is 3.04. The van der Waals surface area contributed by atoms with Crippen LogP contribution in [-0.4, -0.2) is 18.6 Å². The molecule has 4 nitrogen and oxygen atoms in total. The van der Waals surface area contributed by atoms with Crippen molar-refractivity contribution in [2.75, 3.05) is 6.54 Å². The standard InChI is InChI=1S/C18H30N2O2.ClH/c1-14(2)22-17-11-9-16(10-12-17)15(3)20-18(21)8-6-4-5-7-13-19;/h9-12,14-15H,4-8,13,19H2,1-3H3,(H,20,21);1H. The first-order valence-corrected chi connectivity index (χ1v) is 8.29. The van der Waals surface area contributed by atoms with Crippen LogP contribution in [0.3, 0.4) is 0 Å². The molecule has 0 saturated carbocycles. The Morgan fingerprint density at radius 3 is 2.26 bits per heavy atom. The van der Waals surface area contributed by atoms with Crippen molar-refractivity contribution >= 4 is 18.3 Å². The summed E-state index contributed by atoms with van der Waals surface area (Å²) in [5.41, 5.74) is 6.54. The minimum Gasteiger partial charge on any atom is -0.491 e. The number of nitrogens with one attached hydrogen (secondary N) is 1. The second-order valence-corrected chi connectivity index (χ2v) is 5.98. The molecule has 1 amide bonds. The van der Waals surface area contributed by atoms with Gasteiger partial charge in [0, 0.05) is 6.42 Å². The minimum absolute atomic E-state index is 0. The van der Waals surface area contributed by atoms with E-state index < -0.39 is 0 Å². The molecule has 23 heavy (non-hydrogen) atoms. The number of unbranched alkanes of at least 4 members (excludes halogenated alkanes) is 3. The summed E-state index contributed by atoms with van der Waals surface area (Å²) < 4.78 is 5.62. The Hall–Kier alpha value is -1.26. The predicted molar refractivity (Wildman–Crippen MR) is 98.2 cm³/mol. The van der Waals surface area contributed by atoms with Crippen molar-refractivity contribution < 1.29 is 9.53 Å². The number of amides is 1.